The van der Waals surface area contributed by atoms with Crippen LogP contribution in [-0.4, -0.2) is 11.8 Å². The highest BCUT2D eigenvalue weighted by Crippen LogP contribution is 2.36. The number of anilines is 1. The summed E-state index contributed by atoms with van der Waals surface area (Å²) in [5, 5.41) is 1.60. The van der Waals surface area contributed by atoms with Crippen molar-refractivity contribution in [1.82, 2.24) is 5.43 Å². The van der Waals surface area contributed by atoms with Gasteiger partial charge in [0, 0.05) is 0 Å². The highest BCUT2D eigenvalue weighted by Gasteiger charge is 2.34. The monoisotopic (exact) mass is 496 g/mol. The molecule has 0 aromatic heterocycles. The van der Waals surface area contributed by atoms with Crippen molar-refractivity contribution in [3.8, 4) is 5.75 Å². The Morgan fingerprint density at radius 3 is 2.55 bits per heavy atom. The molecule has 3 aromatic rings. The highest BCUT2D eigenvalue weighted by molar-refractivity contribution is 9.10. The number of rotatable bonds is 5. The van der Waals surface area contributed by atoms with Gasteiger partial charge in [-0.1, -0.05) is 59.6 Å². The Hall–Kier alpha value is -3.09. The maximum absolute atomic E-state index is 12.7. The summed E-state index contributed by atoms with van der Waals surface area (Å²) in [4.78, 5) is 25.1. The first kappa shape index (κ1) is 21.2. The summed E-state index contributed by atoms with van der Waals surface area (Å²) >= 11 is 9.91. The third-order valence-electron chi connectivity index (χ3n) is 4.70. The van der Waals surface area contributed by atoms with Crippen molar-refractivity contribution in [3.63, 3.8) is 0 Å². The lowest BCUT2D eigenvalue weighted by molar-refractivity contribution is -0.117. The zero-order chi connectivity index (χ0) is 22.0. The number of halogens is 2. The second-order valence-electron chi connectivity index (χ2n) is 7.07. The topological polar surface area (TPSA) is 58.6 Å². The van der Waals surface area contributed by atoms with E-state index in [0.717, 1.165) is 11.1 Å². The number of hydrogen-bond donors (Lipinski definition) is 1. The molecule has 156 valence electrons. The van der Waals surface area contributed by atoms with E-state index in [1.54, 1.807) is 36.4 Å². The molecule has 1 fully saturated rings. The van der Waals surface area contributed by atoms with Crippen LogP contribution < -0.4 is 15.2 Å². The normalized spacial score (nSPS) is 14.8. The van der Waals surface area contributed by atoms with E-state index in [1.807, 2.05) is 37.3 Å². The molecular formula is C24H18BrClN2O3. The number of nitrogens with zero attached hydrogens (tertiary/aromatic N) is 1. The minimum Gasteiger partial charge on any atom is -0.486 e. The summed E-state index contributed by atoms with van der Waals surface area (Å²) in [6.07, 6.45) is 1.52. The van der Waals surface area contributed by atoms with Crippen LogP contribution in [-0.2, 0) is 16.2 Å². The minimum absolute atomic E-state index is 0.0280. The van der Waals surface area contributed by atoms with Gasteiger partial charge < -0.3 is 4.74 Å². The van der Waals surface area contributed by atoms with Crippen LogP contribution in [0.3, 0.4) is 0 Å². The lowest BCUT2D eigenvalue weighted by atomic mass is 10.1. The molecule has 0 spiro atoms. The fourth-order valence-electron chi connectivity index (χ4n) is 3.24. The molecule has 4 rings (SSSR count). The zero-order valence-corrected chi connectivity index (χ0v) is 18.9. The second kappa shape index (κ2) is 8.96. The van der Waals surface area contributed by atoms with Gasteiger partial charge in [-0.05, 0) is 64.3 Å². The molecular weight excluding hydrogens is 480 g/mol. The summed E-state index contributed by atoms with van der Waals surface area (Å²) < 4.78 is 6.53. The van der Waals surface area contributed by atoms with E-state index in [4.69, 9.17) is 16.3 Å². The van der Waals surface area contributed by atoms with Gasteiger partial charge in [-0.3, -0.25) is 15.0 Å². The van der Waals surface area contributed by atoms with Gasteiger partial charge in [0.25, 0.3) is 11.8 Å². The van der Waals surface area contributed by atoms with Gasteiger partial charge in [-0.2, -0.15) is 0 Å². The number of benzene rings is 3. The van der Waals surface area contributed by atoms with E-state index in [-0.39, 0.29) is 5.57 Å². The predicted molar refractivity (Wildman–Crippen MR) is 125 cm³/mol. The van der Waals surface area contributed by atoms with Crippen LogP contribution in [0.1, 0.15) is 16.7 Å². The third kappa shape index (κ3) is 4.65. The minimum atomic E-state index is -0.471. The van der Waals surface area contributed by atoms with Gasteiger partial charge in [0.15, 0.2) is 5.75 Å². The largest absolute Gasteiger partial charge is 0.486 e. The zero-order valence-electron chi connectivity index (χ0n) is 16.6. The molecule has 0 saturated carbocycles. The number of carbonyl (C=O) groups excluding carboxylic acids is 2. The van der Waals surface area contributed by atoms with Crippen molar-refractivity contribution in [3.05, 3.63) is 98.5 Å². The van der Waals surface area contributed by atoms with Gasteiger partial charge in [0.1, 0.15) is 12.2 Å². The molecule has 2 amide bonds. The fraction of sp³-hybridized carbons (Fsp3) is 0.0833. The number of ether oxygens (including phenoxy) is 1. The Labute approximate surface area is 193 Å². The van der Waals surface area contributed by atoms with Crippen LogP contribution in [0.5, 0.6) is 5.75 Å². The Morgan fingerprint density at radius 2 is 1.84 bits per heavy atom. The first-order chi connectivity index (χ1) is 14.9. The van der Waals surface area contributed by atoms with Crippen LogP contribution in [0.25, 0.3) is 6.08 Å². The fourth-order valence-corrected chi connectivity index (χ4v) is 4.23. The van der Waals surface area contributed by atoms with E-state index in [0.29, 0.717) is 33.1 Å². The average molecular weight is 498 g/mol. The summed E-state index contributed by atoms with van der Waals surface area (Å²) in [5.74, 6) is -0.400. The first-order valence-corrected chi connectivity index (χ1v) is 10.7. The average Bonchev–Trinajstić information content (AvgIpc) is 3.02. The summed E-state index contributed by atoms with van der Waals surface area (Å²) in [5.41, 5.74) is 5.98. The van der Waals surface area contributed by atoms with Gasteiger partial charge in [0.05, 0.1) is 15.2 Å². The smallest absolute Gasteiger partial charge is 0.282 e. The number of amides is 2. The van der Waals surface area contributed by atoms with Crippen molar-refractivity contribution in [2.75, 3.05) is 5.01 Å². The molecule has 3 aromatic carbocycles. The van der Waals surface area contributed by atoms with Crippen LogP contribution in [0.4, 0.5) is 5.69 Å². The van der Waals surface area contributed by atoms with Gasteiger partial charge in [0.2, 0.25) is 0 Å². The number of nitrogens with one attached hydrogen (secondary N) is 1. The number of para-hydroxylation sites is 1. The lowest BCUT2D eigenvalue weighted by Crippen LogP contribution is -2.35. The SMILES string of the molecule is Cc1cccc(COc2c(Cl)cc(C=C3C(=O)NN(c4ccccc4)C3=O)cc2Br)c1. The van der Waals surface area contributed by atoms with Crippen LogP contribution >= 0.6 is 27.5 Å². The van der Waals surface area contributed by atoms with Gasteiger partial charge >= 0.3 is 0 Å². The molecule has 31 heavy (non-hydrogen) atoms. The van der Waals surface area contributed by atoms with Crippen molar-refractivity contribution >= 4 is 51.1 Å². The Bertz CT molecular complexity index is 1170. The standard InChI is InChI=1S/C24H18BrClN2O3/c1-15-6-5-7-16(10-15)14-31-22-20(25)12-17(13-21(22)26)11-19-23(29)27-28(24(19)30)18-8-3-2-4-9-18/h2-13H,14H2,1H3,(H,27,29). The van der Waals surface area contributed by atoms with Crippen molar-refractivity contribution in [2.45, 2.75) is 13.5 Å². The van der Waals surface area contributed by atoms with Crippen LogP contribution in [0.2, 0.25) is 5.02 Å². The predicted octanol–water partition coefficient (Wildman–Crippen LogP) is 5.45. The molecule has 1 heterocycles. The molecule has 7 heteroatoms. The maximum Gasteiger partial charge on any atom is 0.282 e. The van der Waals surface area contributed by atoms with E-state index >= 15 is 0 Å². The van der Waals surface area contributed by atoms with E-state index in [9.17, 15) is 9.59 Å². The number of hydrazine groups is 1. The molecule has 1 saturated heterocycles. The molecule has 1 N–H and O–H groups in total. The molecule has 0 radical (unpaired) electrons. The summed E-state index contributed by atoms with van der Waals surface area (Å²) in [6, 6.07) is 20.4. The van der Waals surface area contributed by atoms with E-state index in [2.05, 4.69) is 21.4 Å². The quantitative estimate of drug-likeness (QED) is 0.377. The van der Waals surface area contributed by atoms with Crippen LogP contribution in [0, 0.1) is 6.92 Å². The molecule has 0 unspecified atom stereocenters. The molecule has 0 aliphatic carbocycles. The highest BCUT2D eigenvalue weighted by atomic mass is 79.9. The summed E-state index contributed by atoms with van der Waals surface area (Å²) in [6.45, 7) is 2.39. The number of hydrogen-bond acceptors (Lipinski definition) is 3. The Balaban J connectivity index is 1.56. The van der Waals surface area contributed by atoms with Gasteiger partial charge in [-0.15, -0.1) is 0 Å². The third-order valence-corrected chi connectivity index (χ3v) is 5.57. The van der Waals surface area contributed by atoms with Crippen molar-refractivity contribution in [2.24, 2.45) is 0 Å². The molecule has 1 aliphatic heterocycles. The Morgan fingerprint density at radius 1 is 1.06 bits per heavy atom. The molecule has 1 aliphatic rings. The number of aryl methyl sites for hydroxylation is 1. The molecule has 0 atom stereocenters. The Kier molecular flexibility index (Phi) is 6.11. The molecule has 0 bridgehead atoms. The molecule has 5 nitrogen and oxygen atoms in total. The van der Waals surface area contributed by atoms with E-state index < -0.39 is 11.8 Å². The van der Waals surface area contributed by atoms with Crippen molar-refractivity contribution < 1.29 is 14.3 Å². The number of carbonyl (C=O) groups is 2. The lowest BCUT2D eigenvalue weighted by Gasteiger charge is -2.14. The maximum atomic E-state index is 12.7. The van der Waals surface area contributed by atoms with Crippen molar-refractivity contribution in [1.29, 1.82) is 0 Å². The van der Waals surface area contributed by atoms with E-state index in [1.165, 1.54) is 11.1 Å². The first-order valence-electron chi connectivity index (χ1n) is 9.52. The second-order valence-corrected chi connectivity index (χ2v) is 8.33. The van der Waals surface area contributed by atoms with Gasteiger partial charge in [-0.25, -0.2) is 5.01 Å². The summed E-state index contributed by atoms with van der Waals surface area (Å²) in [7, 11) is 0. The van der Waals surface area contributed by atoms with Crippen LogP contribution in [0.15, 0.2) is 76.8 Å².